The van der Waals surface area contributed by atoms with Gasteiger partial charge in [0, 0.05) is 18.3 Å². The van der Waals surface area contributed by atoms with Crippen LogP contribution in [0.1, 0.15) is 19.7 Å². The first-order valence-corrected chi connectivity index (χ1v) is 9.80. The van der Waals surface area contributed by atoms with Gasteiger partial charge in [0.1, 0.15) is 0 Å². The lowest BCUT2D eigenvalue weighted by Gasteiger charge is -2.18. The molecule has 0 bridgehead atoms. The number of thiophene rings is 1. The Kier molecular flexibility index (Phi) is 6.57. The van der Waals surface area contributed by atoms with Gasteiger partial charge >= 0.3 is 0 Å². The molecular formula is C20H22N4O3S. The minimum absolute atomic E-state index is 0.126. The van der Waals surface area contributed by atoms with E-state index in [4.69, 9.17) is 4.42 Å². The summed E-state index contributed by atoms with van der Waals surface area (Å²) in [6.07, 6.45) is 1.71. The summed E-state index contributed by atoms with van der Waals surface area (Å²) in [5, 5.41) is 7.54. The third kappa shape index (κ3) is 5.51. The van der Waals surface area contributed by atoms with E-state index >= 15 is 0 Å². The van der Waals surface area contributed by atoms with Crippen molar-refractivity contribution in [1.29, 1.82) is 0 Å². The Balaban J connectivity index is 1.54. The standard InChI is InChI=1S/C20H22N4O3S/c1-3-24(13-20-21-11-17(27-20)18-5-4-10-28-18)12-19(26)23-16-8-6-15(7-9-16)22-14(2)25/h4-11H,3,12-13H2,1-2H3,(H,22,25)(H,23,26). The molecule has 0 aliphatic heterocycles. The SMILES string of the molecule is CCN(CC(=O)Nc1ccc(NC(C)=O)cc1)Cc1ncc(-c2cccs2)o1. The molecule has 146 valence electrons. The smallest absolute Gasteiger partial charge is 0.238 e. The molecule has 28 heavy (non-hydrogen) atoms. The summed E-state index contributed by atoms with van der Waals surface area (Å²) in [6, 6.07) is 10.9. The fourth-order valence-corrected chi connectivity index (χ4v) is 3.30. The van der Waals surface area contributed by atoms with Crippen LogP contribution in [0.5, 0.6) is 0 Å². The number of nitrogens with one attached hydrogen (secondary N) is 2. The molecule has 2 aromatic heterocycles. The van der Waals surface area contributed by atoms with Crippen molar-refractivity contribution < 1.29 is 14.0 Å². The van der Waals surface area contributed by atoms with Crippen molar-refractivity contribution in [3.63, 3.8) is 0 Å². The first-order valence-electron chi connectivity index (χ1n) is 8.92. The van der Waals surface area contributed by atoms with Crippen LogP contribution in [0.25, 0.3) is 10.6 Å². The van der Waals surface area contributed by atoms with E-state index in [2.05, 4.69) is 15.6 Å². The average Bonchev–Trinajstić information content (AvgIpc) is 3.34. The molecule has 0 aliphatic carbocycles. The Labute approximate surface area is 167 Å². The van der Waals surface area contributed by atoms with E-state index in [0.29, 0.717) is 30.4 Å². The molecule has 0 saturated heterocycles. The third-order valence-corrected chi connectivity index (χ3v) is 4.86. The van der Waals surface area contributed by atoms with Gasteiger partial charge in [0.15, 0.2) is 5.76 Å². The lowest BCUT2D eigenvalue weighted by molar-refractivity contribution is -0.117. The molecule has 7 nitrogen and oxygen atoms in total. The topological polar surface area (TPSA) is 87.5 Å². The summed E-state index contributed by atoms with van der Waals surface area (Å²) >= 11 is 1.60. The number of likely N-dealkylation sites (N-methyl/N-ethyl adjacent to an activating group) is 1. The molecule has 3 rings (SSSR count). The largest absolute Gasteiger partial charge is 0.438 e. The zero-order valence-corrected chi connectivity index (χ0v) is 16.6. The molecule has 0 unspecified atom stereocenters. The average molecular weight is 398 g/mol. The molecule has 2 amide bonds. The van der Waals surface area contributed by atoms with Crippen molar-refractivity contribution in [2.75, 3.05) is 23.7 Å². The summed E-state index contributed by atoms with van der Waals surface area (Å²) in [5.41, 5.74) is 1.36. The molecule has 0 radical (unpaired) electrons. The molecule has 2 N–H and O–H groups in total. The molecule has 0 atom stereocenters. The van der Waals surface area contributed by atoms with Crippen LogP contribution in [0.15, 0.2) is 52.4 Å². The second kappa shape index (κ2) is 9.29. The van der Waals surface area contributed by atoms with Gasteiger partial charge in [-0.05, 0) is 42.3 Å². The van der Waals surface area contributed by atoms with Crippen molar-refractivity contribution in [3.05, 3.63) is 53.9 Å². The molecule has 1 aromatic carbocycles. The van der Waals surface area contributed by atoms with Crippen LogP contribution in [0.3, 0.4) is 0 Å². The number of aromatic nitrogens is 1. The quantitative estimate of drug-likeness (QED) is 0.602. The number of hydrogen-bond acceptors (Lipinski definition) is 6. The zero-order chi connectivity index (χ0) is 19.9. The minimum Gasteiger partial charge on any atom is -0.438 e. The number of nitrogens with zero attached hydrogens (tertiary/aromatic N) is 2. The van der Waals surface area contributed by atoms with Crippen molar-refractivity contribution >= 4 is 34.5 Å². The maximum Gasteiger partial charge on any atom is 0.238 e. The van der Waals surface area contributed by atoms with Gasteiger partial charge in [-0.1, -0.05) is 13.0 Å². The molecule has 0 fully saturated rings. The Hall–Kier alpha value is -2.97. The van der Waals surface area contributed by atoms with E-state index in [1.165, 1.54) is 6.92 Å². The number of rotatable bonds is 8. The second-order valence-corrected chi connectivity index (χ2v) is 7.15. The Bertz CT molecular complexity index is 919. The number of oxazole rings is 1. The predicted octanol–water partition coefficient (Wildman–Crippen LogP) is 3.82. The van der Waals surface area contributed by atoms with Crippen LogP contribution in [-0.4, -0.2) is 34.8 Å². The van der Waals surface area contributed by atoms with Crippen molar-refractivity contribution in [1.82, 2.24) is 9.88 Å². The molecule has 0 aliphatic rings. The van der Waals surface area contributed by atoms with E-state index in [-0.39, 0.29) is 18.4 Å². The van der Waals surface area contributed by atoms with Gasteiger partial charge in [0.05, 0.1) is 24.2 Å². The van der Waals surface area contributed by atoms with Crippen LogP contribution in [0, 0.1) is 0 Å². The molecule has 0 saturated carbocycles. The minimum atomic E-state index is -0.135. The number of anilines is 2. The molecule has 3 aromatic rings. The van der Waals surface area contributed by atoms with E-state index in [9.17, 15) is 9.59 Å². The highest BCUT2D eigenvalue weighted by molar-refractivity contribution is 7.13. The molecule has 0 spiro atoms. The highest BCUT2D eigenvalue weighted by Crippen LogP contribution is 2.25. The fraction of sp³-hybridized carbons (Fsp3) is 0.250. The van der Waals surface area contributed by atoms with Gasteiger partial charge in [-0.2, -0.15) is 0 Å². The highest BCUT2D eigenvalue weighted by atomic mass is 32.1. The van der Waals surface area contributed by atoms with Crippen LogP contribution in [-0.2, 0) is 16.1 Å². The monoisotopic (exact) mass is 398 g/mol. The number of benzene rings is 1. The maximum absolute atomic E-state index is 12.4. The van der Waals surface area contributed by atoms with Gasteiger partial charge in [-0.25, -0.2) is 4.98 Å². The van der Waals surface area contributed by atoms with Crippen molar-refractivity contribution in [2.45, 2.75) is 20.4 Å². The van der Waals surface area contributed by atoms with Gasteiger partial charge in [0.2, 0.25) is 17.7 Å². The van der Waals surface area contributed by atoms with E-state index < -0.39 is 0 Å². The summed E-state index contributed by atoms with van der Waals surface area (Å²) in [4.78, 5) is 30.7. The fourth-order valence-electron chi connectivity index (χ4n) is 2.63. The van der Waals surface area contributed by atoms with Gasteiger partial charge in [0.25, 0.3) is 0 Å². The van der Waals surface area contributed by atoms with Crippen LogP contribution in [0.4, 0.5) is 11.4 Å². The Morgan fingerprint density at radius 2 is 1.86 bits per heavy atom. The first kappa shape index (κ1) is 19.8. The number of carbonyl (C=O) groups excluding carboxylic acids is 2. The lowest BCUT2D eigenvalue weighted by Crippen LogP contribution is -2.32. The van der Waals surface area contributed by atoms with Gasteiger partial charge < -0.3 is 15.1 Å². The van der Waals surface area contributed by atoms with E-state index in [1.807, 2.05) is 29.3 Å². The van der Waals surface area contributed by atoms with E-state index in [1.54, 1.807) is 41.8 Å². The number of amides is 2. The predicted molar refractivity (Wildman–Crippen MR) is 110 cm³/mol. The first-order chi connectivity index (χ1) is 13.5. The van der Waals surface area contributed by atoms with Crippen molar-refractivity contribution in [3.8, 4) is 10.6 Å². The summed E-state index contributed by atoms with van der Waals surface area (Å²) in [6.45, 7) is 4.80. The highest BCUT2D eigenvalue weighted by Gasteiger charge is 2.14. The van der Waals surface area contributed by atoms with Crippen LogP contribution in [0.2, 0.25) is 0 Å². The maximum atomic E-state index is 12.4. The molecule has 8 heteroatoms. The summed E-state index contributed by atoms with van der Waals surface area (Å²) in [5.74, 6) is 1.06. The van der Waals surface area contributed by atoms with Crippen LogP contribution < -0.4 is 10.6 Å². The van der Waals surface area contributed by atoms with Crippen LogP contribution >= 0.6 is 11.3 Å². The zero-order valence-electron chi connectivity index (χ0n) is 15.8. The number of hydrogen-bond donors (Lipinski definition) is 2. The normalized spacial score (nSPS) is 10.8. The third-order valence-electron chi connectivity index (χ3n) is 3.98. The second-order valence-electron chi connectivity index (χ2n) is 6.21. The Morgan fingerprint density at radius 1 is 1.14 bits per heavy atom. The molecule has 2 heterocycles. The summed E-state index contributed by atoms with van der Waals surface area (Å²) in [7, 11) is 0. The lowest BCUT2D eigenvalue weighted by atomic mass is 10.2. The summed E-state index contributed by atoms with van der Waals surface area (Å²) < 4.78 is 5.80. The van der Waals surface area contributed by atoms with Gasteiger partial charge in [-0.3, -0.25) is 14.5 Å². The van der Waals surface area contributed by atoms with Gasteiger partial charge in [-0.15, -0.1) is 11.3 Å². The Morgan fingerprint density at radius 3 is 2.46 bits per heavy atom. The van der Waals surface area contributed by atoms with E-state index in [0.717, 1.165) is 10.6 Å². The number of carbonyl (C=O) groups is 2. The van der Waals surface area contributed by atoms with Crippen molar-refractivity contribution in [2.24, 2.45) is 0 Å². The molecular weight excluding hydrogens is 376 g/mol.